The molecule has 3 nitrogen and oxygen atoms in total. The van der Waals surface area contributed by atoms with Gasteiger partial charge in [-0.2, -0.15) is 0 Å². The molecule has 1 saturated carbocycles. The Morgan fingerprint density at radius 2 is 1.77 bits per heavy atom. The van der Waals surface area contributed by atoms with E-state index in [1.807, 2.05) is 17.0 Å². The van der Waals surface area contributed by atoms with Crippen LogP contribution in [0.2, 0.25) is 0 Å². The highest BCUT2D eigenvalue weighted by atomic mass is 19.1. The molecule has 154 valence electrons. The average molecular weight is 403 g/mol. The summed E-state index contributed by atoms with van der Waals surface area (Å²) in [7, 11) is 0. The quantitative estimate of drug-likeness (QED) is 0.498. The molecule has 0 aromatic heterocycles. The highest BCUT2D eigenvalue weighted by molar-refractivity contribution is 5.86. The fraction of sp³-hybridized carbons (Fsp3) is 0.346. The SMILES string of the molecule is O=C1CCCN1[C@@H](c1ccc(F)cc1)[C@@H](OCC1CC1)c1cccc2ccccc12. The monoisotopic (exact) mass is 403 g/mol. The molecule has 1 aliphatic carbocycles. The molecule has 2 atom stereocenters. The molecule has 1 aliphatic heterocycles. The van der Waals surface area contributed by atoms with E-state index in [4.69, 9.17) is 4.74 Å². The molecule has 0 radical (unpaired) electrons. The summed E-state index contributed by atoms with van der Waals surface area (Å²) in [5, 5.41) is 2.29. The minimum absolute atomic E-state index is 0.143. The third kappa shape index (κ3) is 3.84. The third-order valence-corrected chi connectivity index (χ3v) is 6.28. The smallest absolute Gasteiger partial charge is 0.223 e. The van der Waals surface area contributed by atoms with E-state index in [1.54, 1.807) is 12.1 Å². The maximum Gasteiger partial charge on any atom is 0.223 e. The van der Waals surface area contributed by atoms with Gasteiger partial charge in [-0.15, -0.1) is 0 Å². The van der Waals surface area contributed by atoms with Crippen molar-refractivity contribution in [1.82, 2.24) is 4.90 Å². The summed E-state index contributed by atoms with van der Waals surface area (Å²) in [5.41, 5.74) is 2.00. The van der Waals surface area contributed by atoms with E-state index in [0.717, 1.165) is 28.3 Å². The second kappa shape index (κ2) is 8.19. The molecule has 0 unspecified atom stereocenters. The third-order valence-electron chi connectivity index (χ3n) is 6.28. The van der Waals surface area contributed by atoms with Crippen molar-refractivity contribution in [2.75, 3.05) is 13.2 Å². The summed E-state index contributed by atoms with van der Waals surface area (Å²) in [6.45, 7) is 1.39. The topological polar surface area (TPSA) is 29.5 Å². The predicted octanol–water partition coefficient (Wildman–Crippen LogP) is 5.81. The van der Waals surface area contributed by atoms with Gasteiger partial charge in [0.05, 0.1) is 12.6 Å². The van der Waals surface area contributed by atoms with Crippen LogP contribution < -0.4 is 0 Å². The lowest BCUT2D eigenvalue weighted by molar-refractivity contribution is -0.133. The lowest BCUT2D eigenvalue weighted by atomic mass is 9.91. The van der Waals surface area contributed by atoms with Crippen molar-refractivity contribution in [3.05, 3.63) is 83.7 Å². The lowest BCUT2D eigenvalue weighted by Gasteiger charge is -2.36. The first-order chi connectivity index (χ1) is 14.7. The summed E-state index contributed by atoms with van der Waals surface area (Å²) in [5.74, 6) is 0.473. The number of carbonyl (C=O) groups is 1. The number of fused-ring (bicyclic) bond motifs is 1. The molecule has 0 spiro atoms. The summed E-state index contributed by atoms with van der Waals surface area (Å²) in [6.07, 6.45) is 3.51. The Bertz CT molecular complexity index is 1040. The second-order valence-electron chi connectivity index (χ2n) is 8.45. The second-order valence-corrected chi connectivity index (χ2v) is 8.45. The van der Waals surface area contributed by atoms with Gasteiger partial charge in [-0.05, 0) is 59.2 Å². The van der Waals surface area contributed by atoms with Gasteiger partial charge in [0.1, 0.15) is 11.9 Å². The Balaban J connectivity index is 1.63. The van der Waals surface area contributed by atoms with Crippen LogP contribution in [-0.4, -0.2) is 24.0 Å². The number of nitrogens with zero attached hydrogens (tertiary/aromatic N) is 1. The normalized spacial score (nSPS) is 18.7. The largest absolute Gasteiger partial charge is 0.371 e. The van der Waals surface area contributed by atoms with E-state index in [0.29, 0.717) is 25.5 Å². The van der Waals surface area contributed by atoms with Crippen LogP contribution in [0.5, 0.6) is 0 Å². The maximum atomic E-state index is 13.7. The molecule has 3 aromatic carbocycles. The van der Waals surface area contributed by atoms with Gasteiger partial charge in [0.15, 0.2) is 0 Å². The van der Waals surface area contributed by atoms with E-state index >= 15 is 0 Å². The summed E-state index contributed by atoms with van der Waals surface area (Å²) < 4.78 is 20.3. The van der Waals surface area contributed by atoms with Crippen molar-refractivity contribution in [3.8, 4) is 0 Å². The van der Waals surface area contributed by atoms with Crippen molar-refractivity contribution in [2.24, 2.45) is 5.92 Å². The zero-order valence-corrected chi connectivity index (χ0v) is 17.0. The maximum absolute atomic E-state index is 13.7. The minimum Gasteiger partial charge on any atom is -0.371 e. The number of carbonyl (C=O) groups excluding carboxylic acids is 1. The number of likely N-dealkylation sites (tertiary alicyclic amines) is 1. The molecule has 4 heteroatoms. The minimum atomic E-state index is -0.302. The predicted molar refractivity (Wildman–Crippen MR) is 115 cm³/mol. The standard InChI is InChI=1S/C26H26FNO2/c27-21-14-12-20(13-15-21)25(28-16-4-9-24(28)29)26(30-17-18-10-11-18)23-8-3-6-19-5-1-2-7-22(19)23/h1-3,5-8,12-15,18,25-26H,4,9-11,16-17H2/t25-,26-/m0/s1. The zero-order chi connectivity index (χ0) is 20.5. The number of halogens is 1. The molecule has 2 fully saturated rings. The number of ether oxygens (including phenoxy) is 1. The van der Waals surface area contributed by atoms with Gasteiger partial charge in [0.2, 0.25) is 5.91 Å². The van der Waals surface area contributed by atoms with Gasteiger partial charge in [0.25, 0.3) is 0 Å². The lowest BCUT2D eigenvalue weighted by Crippen LogP contribution is -2.35. The van der Waals surface area contributed by atoms with Crippen molar-refractivity contribution >= 4 is 16.7 Å². The van der Waals surface area contributed by atoms with Crippen LogP contribution in [0, 0.1) is 11.7 Å². The molecular formula is C26H26FNO2. The van der Waals surface area contributed by atoms with Gasteiger partial charge in [-0.1, -0.05) is 54.6 Å². The van der Waals surface area contributed by atoms with Crippen molar-refractivity contribution in [2.45, 2.75) is 37.8 Å². The van der Waals surface area contributed by atoms with Crippen molar-refractivity contribution < 1.29 is 13.9 Å². The van der Waals surface area contributed by atoms with Crippen LogP contribution in [0.1, 0.15) is 49.0 Å². The van der Waals surface area contributed by atoms with Crippen molar-refractivity contribution in [1.29, 1.82) is 0 Å². The molecule has 1 saturated heterocycles. The fourth-order valence-electron chi connectivity index (χ4n) is 4.52. The Hall–Kier alpha value is -2.72. The van der Waals surface area contributed by atoms with Crippen LogP contribution in [0.25, 0.3) is 10.8 Å². The first-order valence-electron chi connectivity index (χ1n) is 10.8. The van der Waals surface area contributed by atoms with Gasteiger partial charge < -0.3 is 9.64 Å². The number of amides is 1. The Labute approximate surface area is 176 Å². The zero-order valence-electron chi connectivity index (χ0n) is 17.0. The van der Waals surface area contributed by atoms with Gasteiger partial charge in [-0.25, -0.2) is 4.39 Å². The van der Waals surface area contributed by atoms with Crippen LogP contribution in [0.3, 0.4) is 0 Å². The number of hydrogen-bond acceptors (Lipinski definition) is 2. The molecule has 5 rings (SSSR count). The summed E-state index contributed by atoms with van der Waals surface area (Å²) in [4.78, 5) is 14.7. The van der Waals surface area contributed by atoms with Crippen LogP contribution >= 0.6 is 0 Å². The number of hydrogen-bond donors (Lipinski definition) is 0. The van der Waals surface area contributed by atoms with E-state index in [1.165, 1.54) is 25.0 Å². The molecule has 0 N–H and O–H groups in total. The molecule has 1 amide bonds. The number of rotatable bonds is 7. The van der Waals surface area contributed by atoms with Crippen LogP contribution in [-0.2, 0) is 9.53 Å². The summed E-state index contributed by atoms with van der Waals surface area (Å²) in [6, 6.07) is 20.8. The summed E-state index contributed by atoms with van der Waals surface area (Å²) >= 11 is 0. The average Bonchev–Trinajstić information content (AvgIpc) is 3.51. The molecule has 2 aliphatic rings. The molecule has 3 aromatic rings. The molecule has 30 heavy (non-hydrogen) atoms. The van der Waals surface area contributed by atoms with Gasteiger partial charge in [0, 0.05) is 13.0 Å². The van der Waals surface area contributed by atoms with Gasteiger partial charge >= 0.3 is 0 Å². The highest BCUT2D eigenvalue weighted by Crippen LogP contribution is 2.43. The number of benzene rings is 3. The first kappa shape index (κ1) is 19.3. The van der Waals surface area contributed by atoms with E-state index in [9.17, 15) is 9.18 Å². The first-order valence-corrected chi connectivity index (χ1v) is 10.8. The van der Waals surface area contributed by atoms with E-state index < -0.39 is 0 Å². The highest BCUT2D eigenvalue weighted by Gasteiger charge is 2.38. The Kier molecular flexibility index (Phi) is 5.26. The molecule has 0 bridgehead atoms. The molecular weight excluding hydrogens is 377 g/mol. The molecule has 1 heterocycles. The van der Waals surface area contributed by atoms with Crippen LogP contribution in [0.4, 0.5) is 4.39 Å². The fourth-order valence-corrected chi connectivity index (χ4v) is 4.52. The van der Waals surface area contributed by atoms with Crippen LogP contribution in [0.15, 0.2) is 66.7 Å². The Morgan fingerprint density at radius 1 is 1.00 bits per heavy atom. The Morgan fingerprint density at radius 3 is 2.50 bits per heavy atom. The van der Waals surface area contributed by atoms with E-state index in [2.05, 4.69) is 30.3 Å². The van der Waals surface area contributed by atoms with E-state index in [-0.39, 0.29) is 23.9 Å². The van der Waals surface area contributed by atoms with Crippen molar-refractivity contribution in [3.63, 3.8) is 0 Å². The van der Waals surface area contributed by atoms with Gasteiger partial charge in [-0.3, -0.25) is 4.79 Å².